The van der Waals surface area contributed by atoms with Gasteiger partial charge in [0, 0.05) is 22.3 Å². The number of aromatic nitrogens is 2. The lowest BCUT2D eigenvalue weighted by Crippen LogP contribution is -3.00. The average molecular weight is 357 g/mol. The minimum Gasteiger partial charge on any atom is -1.00 e. The van der Waals surface area contributed by atoms with Crippen molar-refractivity contribution in [2.45, 2.75) is 13.5 Å². The van der Waals surface area contributed by atoms with E-state index in [-0.39, 0.29) is 36.2 Å². The molecule has 6 heteroatoms. The molecule has 0 spiro atoms. The van der Waals surface area contributed by atoms with Crippen LogP contribution in [0.2, 0.25) is 0 Å². The van der Waals surface area contributed by atoms with E-state index in [0.717, 1.165) is 11.3 Å². The largest absolute Gasteiger partial charge is 1.00 e. The molecule has 0 aliphatic carbocycles. The van der Waals surface area contributed by atoms with E-state index in [0.29, 0.717) is 5.56 Å². The van der Waals surface area contributed by atoms with Gasteiger partial charge in [0.2, 0.25) is 12.3 Å². The van der Waals surface area contributed by atoms with Gasteiger partial charge in [-0.1, -0.05) is 34.5 Å². The third-order valence-electron chi connectivity index (χ3n) is 3.70. The molecule has 25 heavy (non-hydrogen) atoms. The molecule has 0 saturated carbocycles. The number of carbonyl (C=O) groups is 1. The number of aromatic hydroxyl groups is 2. The van der Waals surface area contributed by atoms with Gasteiger partial charge in [0.15, 0.2) is 17.7 Å². The predicted octanol–water partition coefficient (Wildman–Crippen LogP) is -0.357. The molecule has 2 aromatic carbocycles. The van der Waals surface area contributed by atoms with Crippen molar-refractivity contribution in [2.75, 3.05) is 0 Å². The van der Waals surface area contributed by atoms with Gasteiger partial charge in [0.05, 0.1) is 0 Å². The van der Waals surface area contributed by atoms with Gasteiger partial charge in [0.25, 0.3) is 0 Å². The summed E-state index contributed by atoms with van der Waals surface area (Å²) in [6.45, 7) is 2.07. The first-order valence-electron chi connectivity index (χ1n) is 7.52. The summed E-state index contributed by atoms with van der Waals surface area (Å²) >= 11 is 0. The van der Waals surface area contributed by atoms with Crippen molar-refractivity contribution in [1.29, 1.82) is 0 Å². The summed E-state index contributed by atoms with van der Waals surface area (Å²) in [7, 11) is 0. The first-order chi connectivity index (χ1) is 11.5. The van der Waals surface area contributed by atoms with E-state index in [1.165, 1.54) is 23.8 Å². The molecule has 5 nitrogen and oxygen atoms in total. The molecule has 2 N–H and O–H groups in total. The molecule has 3 aromatic rings. The summed E-state index contributed by atoms with van der Waals surface area (Å²) in [6, 6.07) is 15.7. The number of phenolic OH excluding ortho intramolecular Hbond substituents is 2. The standard InChI is InChI=1S/C19H16N2O3.ClH/c1-13-4-6-14(7-5-13)16-3-2-10-21(20-16)12-19(24)15-8-9-17(22)18(23)11-15;/h2-11,20H,12H2,1H3;1H. The SMILES string of the molecule is Cc1ccc(-c2ccc[n+](CC(=O)c3ccc(O)c(O)c3)n2)cc1.[Cl-]. The summed E-state index contributed by atoms with van der Waals surface area (Å²) < 4.78 is 1.56. The fourth-order valence-corrected chi connectivity index (χ4v) is 2.34. The van der Waals surface area contributed by atoms with Crippen molar-refractivity contribution in [2.24, 2.45) is 0 Å². The Bertz CT molecular complexity index is 895. The Kier molecular flexibility index (Phi) is 5.72. The van der Waals surface area contributed by atoms with Gasteiger partial charge >= 0.3 is 0 Å². The quantitative estimate of drug-likeness (QED) is 0.380. The smallest absolute Gasteiger partial charge is 0.236 e. The number of benzene rings is 2. The zero-order valence-corrected chi connectivity index (χ0v) is 14.3. The first kappa shape index (κ1) is 18.4. The molecule has 0 amide bonds. The van der Waals surface area contributed by atoms with Crippen molar-refractivity contribution in [1.82, 2.24) is 5.10 Å². The molecule has 1 aromatic heterocycles. The molecule has 0 bridgehead atoms. The number of phenols is 2. The number of hydrogen-bond donors (Lipinski definition) is 2. The summed E-state index contributed by atoms with van der Waals surface area (Å²) in [4.78, 5) is 12.3. The highest BCUT2D eigenvalue weighted by atomic mass is 35.5. The van der Waals surface area contributed by atoms with E-state index in [1.807, 2.05) is 43.3 Å². The van der Waals surface area contributed by atoms with E-state index >= 15 is 0 Å². The van der Waals surface area contributed by atoms with Gasteiger partial charge in [-0.2, -0.15) is 0 Å². The molecule has 0 saturated heterocycles. The van der Waals surface area contributed by atoms with Crippen LogP contribution in [0.25, 0.3) is 11.3 Å². The van der Waals surface area contributed by atoms with Crippen LogP contribution in [0.3, 0.4) is 0 Å². The zero-order valence-electron chi connectivity index (χ0n) is 13.6. The number of Topliss-reactive ketones (excluding diaryl/α,β-unsaturated/α-hetero) is 1. The normalized spacial score (nSPS) is 10.1. The second-order valence-corrected chi connectivity index (χ2v) is 5.58. The molecule has 0 unspecified atom stereocenters. The number of ketones is 1. The molecule has 0 fully saturated rings. The second kappa shape index (κ2) is 7.77. The lowest BCUT2D eigenvalue weighted by molar-refractivity contribution is -0.740. The van der Waals surface area contributed by atoms with Crippen LogP contribution in [0.15, 0.2) is 60.8 Å². The third-order valence-corrected chi connectivity index (χ3v) is 3.70. The van der Waals surface area contributed by atoms with Gasteiger partial charge in [-0.15, -0.1) is 0 Å². The van der Waals surface area contributed by atoms with Crippen molar-refractivity contribution in [3.05, 3.63) is 71.9 Å². The Morgan fingerprint density at radius 2 is 1.76 bits per heavy atom. The van der Waals surface area contributed by atoms with Gasteiger partial charge < -0.3 is 22.6 Å². The van der Waals surface area contributed by atoms with Gasteiger partial charge in [-0.25, -0.2) is 0 Å². The van der Waals surface area contributed by atoms with E-state index in [2.05, 4.69) is 5.10 Å². The maximum absolute atomic E-state index is 12.3. The van der Waals surface area contributed by atoms with Crippen molar-refractivity contribution >= 4 is 5.78 Å². The minimum absolute atomic E-state index is 0. The topological polar surface area (TPSA) is 74.3 Å². The number of carbonyl (C=O) groups excluding carboxylic acids is 1. The lowest BCUT2D eigenvalue weighted by atomic mass is 10.1. The van der Waals surface area contributed by atoms with Crippen molar-refractivity contribution < 1.29 is 32.1 Å². The van der Waals surface area contributed by atoms with E-state index in [9.17, 15) is 15.0 Å². The summed E-state index contributed by atoms with van der Waals surface area (Å²) in [5.74, 6) is -0.769. The number of halogens is 1. The van der Waals surface area contributed by atoms with Crippen LogP contribution in [0.4, 0.5) is 0 Å². The average Bonchev–Trinajstić information content (AvgIpc) is 2.58. The maximum atomic E-state index is 12.3. The van der Waals surface area contributed by atoms with Gasteiger partial charge in [-0.3, -0.25) is 4.79 Å². The van der Waals surface area contributed by atoms with Crippen LogP contribution in [0.5, 0.6) is 11.5 Å². The Balaban J connectivity index is 0.00000225. The highest BCUT2D eigenvalue weighted by Crippen LogP contribution is 2.25. The van der Waals surface area contributed by atoms with Crippen molar-refractivity contribution in [3.63, 3.8) is 0 Å². The fourth-order valence-electron chi connectivity index (χ4n) is 2.34. The van der Waals surface area contributed by atoms with Crippen LogP contribution < -0.4 is 17.1 Å². The number of hydrogen-bond acceptors (Lipinski definition) is 4. The van der Waals surface area contributed by atoms with Crippen LogP contribution in [0, 0.1) is 6.92 Å². The van der Waals surface area contributed by atoms with Crippen LogP contribution in [-0.4, -0.2) is 21.1 Å². The molecule has 0 atom stereocenters. The van der Waals surface area contributed by atoms with Gasteiger partial charge in [-0.05, 0) is 31.2 Å². The molecule has 1 heterocycles. The van der Waals surface area contributed by atoms with Crippen LogP contribution in [-0.2, 0) is 6.54 Å². The van der Waals surface area contributed by atoms with E-state index in [4.69, 9.17) is 0 Å². The van der Waals surface area contributed by atoms with E-state index in [1.54, 1.807) is 10.9 Å². The van der Waals surface area contributed by atoms with E-state index < -0.39 is 0 Å². The van der Waals surface area contributed by atoms with Crippen LogP contribution in [0.1, 0.15) is 15.9 Å². The number of aryl methyl sites for hydroxylation is 1. The molecule has 0 aliphatic rings. The number of nitrogens with zero attached hydrogens (tertiary/aromatic N) is 2. The summed E-state index contributed by atoms with van der Waals surface area (Å²) in [5, 5.41) is 23.3. The molecule has 3 rings (SSSR count). The predicted molar refractivity (Wildman–Crippen MR) is 88.7 cm³/mol. The van der Waals surface area contributed by atoms with Crippen molar-refractivity contribution in [3.8, 4) is 22.8 Å². The molecule has 0 aliphatic heterocycles. The minimum atomic E-state index is -0.313. The second-order valence-electron chi connectivity index (χ2n) is 5.58. The molecular formula is C19H17ClN2O3. The Hall–Kier alpha value is -2.92. The zero-order chi connectivity index (χ0) is 17.1. The molecule has 128 valence electrons. The Morgan fingerprint density at radius 3 is 2.44 bits per heavy atom. The Morgan fingerprint density at radius 1 is 1.04 bits per heavy atom. The highest BCUT2D eigenvalue weighted by molar-refractivity contribution is 5.95. The Labute approximate surface area is 151 Å². The van der Waals surface area contributed by atoms with Gasteiger partial charge in [0.1, 0.15) is 5.69 Å². The lowest BCUT2D eigenvalue weighted by Gasteiger charge is -2.02. The van der Waals surface area contributed by atoms with Crippen LogP contribution >= 0.6 is 0 Å². The summed E-state index contributed by atoms with van der Waals surface area (Å²) in [5.41, 5.74) is 3.24. The monoisotopic (exact) mass is 356 g/mol. The third kappa shape index (κ3) is 4.33. The maximum Gasteiger partial charge on any atom is 0.236 e. The number of rotatable bonds is 4. The first-order valence-corrected chi connectivity index (χ1v) is 7.52. The molecule has 0 radical (unpaired) electrons. The highest BCUT2D eigenvalue weighted by Gasteiger charge is 2.16. The fraction of sp³-hybridized carbons (Fsp3) is 0.105. The molecular weight excluding hydrogens is 340 g/mol. The summed E-state index contributed by atoms with van der Waals surface area (Å²) in [6.07, 6.45) is 1.72.